The summed E-state index contributed by atoms with van der Waals surface area (Å²) in [5, 5.41) is 0. The number of ether oxygens (including phenoxy) is 1. The molecule has 0 saturated heterocycles. The van der Waals surface area contributed by atoms with Crippen molar-refractivity contribution < 1.29 is 9.53 Å². The molecule has 0 unspecified atom stereocenters. The molecule has 0 bridgehead atoms. The van der Waals surface area contributed by atoms with Crippen molar-refractivity contribution in [2.75, 3.05) is 26.1 Å². The van der Waals surface area contributed by atoms with Crippen LogP contribution in [0.1, 0.15) is 47.5 Å². The van der Waals surface area contributed by atoms with E-state index >= 15 is 0 Å². The monoisotopic (exact) mass is 301 g/mol. The number of alkyl halides is 1. The van der Waals surface area contributed by atoms with Crippen LogP contribution >= 0.6 is 11.6 Å². The molecule has 0 aliphatic heterocycles. The third-order valence-electron chi connectivity index (χ3n) is 4.27. The molecular weight excluding hydrogens is 274 g/mol. The highest BCUT2D eigenvalue weighted by Gasteiger charge is 2.39. The molecule has 0 aromatic carbocycles. The Labute approximate surface area is 128 Å². The minimum atomic E-state index is -0.0356. The van der Waals surface area contributed by atoms with Gasteiger partial charge in [0.1, 0.15) is 5.88 Å². The number of halogens is 1. The van der Waals surface area contributed by atoms with E-state index in [1.54, 1.807) is 7.11 Å². The average Bonchev–Trinajstić information content (AvgIpc) is 2.33. The maximum absolute atomic E-state index is 12.2. The molecule has 0 saturated carbocycles. The van der Waals surface area contributed by atoms with Crippen molar-refractivity contribution in [3.05, 3.63) is 11.3 Å². The molecule has 1 aliphatic carbocycles. The van der Waals surface area contributed by atoms with Gasteiger partial charge < -0.3 is 9.64 Å². The van der Waals surface area contributed by atoms with Gasteiger partial charge in [0, 0.05) is 19.4 Å². The van der Waals surface area contributed by atoms with Crippen LogP contribution in [0.3, 0.4) is 0 Å². The van der Waals surface area contributed by atoms with Crippen LogP contribution in [0.5, 0.6) is 0 Å². The Hall–Kier alpha value is -0.540. The summed E-state index contributed by atoms with van der Waals surface area (Å²) >= 11 is 5.78. The number of hydrogen-bond donors (Lipinski definition) is 0. The summed E-state index contributed by atoms with van der Waals surface area (Å²) in [7, 11) is 1.65. The van der Waals surface area contributed by atoms with Gasteiger partial charge in [0.25, 0.3) is 0 Å². The van der Waals surface area contributed by atoms with Crippen LogP contribution in [0.15, 0.2) is 11.3 Å². The topological polar surface area (TPSA) is 29.5 Å². The molecule has 3 nitrogen and oxygen atoms in total. The number of carbonyl (C=O) groups is 1. The van der Waals surface area contributed by atoms with E-state index in [-0.39, 0.29) is 22.6 Å². The number of hydrogen-bond acceptors (Lipinski definition) is 2. The second-order valence-corrected chi connectivity index (χ2v) is 7.41. The van der Waals surface area contributed by atoms with Gasteiger partial charge in [-0.2, -0.15) is 0 Å². The lowest BCUT2D eigenvalue weighted by Crippen LogP contribution is -2.41. The summed E-state index contributed by atoms with van der Waals surface area (Å²) < 4.78 is 5.14. The van der Waals surface area contributed by atoms with Crippen LogP contribution in [-0.2, 0) is 9.53 Å². The lowest BCUT2D eigenvalue weighted by atomic mass is 9.64. The predicted octanol–water partition coefficient (Wildman–Crippen LogP) is 3.82. The molecule has 0 fully saturated rings. The van der Waals surface area contributed by atoms with Crippen LogP contribution in [0.2, 0.25) is 0 Å². The number of methoxy groups -OCH3 is 1. The van der Waals surface area contributed by atoms with E-state index < -0.39 is 0 Å². The summed E-state index contributed by atoms with van der Waals surface area (Å²) in [6.07, 6.45) is 2.04. The molecule has 0 aromatic rings. The molecule has 1 amide bonds. The summed E-state index contributed by atoms with van der Waals surface area (Å²) in [5.41, 5.74) is 2.73. The van der Waals surface area contributed by atoms with Gasteiger partial charge in [-0.25, -0.2) is 0 Å². The van der Waals surface area contributed by atoms with Gasteiger partial charge in [-0.1, -0.05) is 27.7 Å². The maximum atomic E-state index is 12.2. The van der Waals surface area contributed by atoms with Gasteiger partial charge in [0.05, 0.1) is 6.61 Å². The Balaban J connectivity index is 3.18. The molecule has 0 atom stereocenters. The summed E-state index contributed by atoms with van der Waals surface area (Å²) in [6, 6.07) is 0. The van der Waals surface area contributed by atoms with Gasteiger partial charge in [0.15, 0.2) is 0 Å². The molecule has 116 valence electrons. The van der Waals surface area contributed by atoms with Crippen molar-refractivity contribution >= 4 is 17.5 Å². The third kappa shape index (κ3) is 3.98. The quantitative estimate of drug-likeness (QED) is 0.723. The van der Waals surface area contributed by atoms with Crippen molar-refractivity contribution in [3.8, 4) is 0 Å². The first-order valence-corrected chi connectivity index (χ1v) is 7.73. The molecule has 4 heteroatoms. The number of nitrogens with zero attached hydrogens (tertiary/aromatic N) is 1. The van der Waals surface area contributed by atoms with Crippen molar-refractivity contribution in [2.24, 2.45) is 10.8 Å². The van der Waals surface area contributed by atoms with Gasteiger partial charge in [-0.15, -0.1) is 11.6 Å². The summed E-state index contributed by atoms with van der Waals surface area (Å²) in [4.78, 5) is 14.0. The van der Waals surface area contributed by atoms with Gasteiger partial charge in [-0.3, -0.25) is 4.79 Å². The Morgan fingerprint density at radius 1 is 1.35 bits per heavy atom. The van der Waals surface area contributed by atoms with E-state index in [9.17, 15) is 4.79 Å². The Bertz CT molecular complexity index is 399. The number of amides is 1. The van der Waals surface area contributed by atoms with Crippen LogP contribution < -0.4 is 0 Å². The van der Waals surface area contributed by atoms with E-state index in [0.29, 0.717) is 13.2 Å². The fourth-order valence-electron chi connectivity index (χ4n) is 3.33. The molecular formula is C16H28ClNO2. The van der Waals surface area contributed by atoms with Gasteiger partial charge in [-0.05, 0) is 36.2 Å². The highest BCUT2D eigenvalue weighted by Crippen LogP contribution is 2.49. The second-order valence-electron chi connectivity index (χ2n) is 7.15. The number of carbonyl (C=O) groups excluding carboxylic acids is 1. The Morgan fingerprint density at radius 2 is 1.95 bits per heavy atom. The first kappa shape index (κ1) is 17.5. The highest BCUT2D eigenvalue weighted by atomic mass is 35.5. The lowest BCUT2D eigenvalue weighted by Gasteiger charge is -2.45. The zero-order valence-corrected chi connectivity index (χ0v) is 14.4. The van der Waals surface area contributed by atoms with Crippen molar-refractivity contribution in [1.29, 1.82) is 0 Å². The zero-order chi connectivity index (χ0) is 15.6. The largest absolute Gasteiger partial charge is 0.383 e. The highest BCUT2D eigenvalue weighted by molar-refractivity contribution is 6.27. The minimum absolute atomic E-state index is 0.0152. The standard InChI is InChI=1S/C16H28ClNO2/c1-12-13(9-15(2,3)11-16(12,4)5)18(7-8-20-6)14(19)10-17/h7-11H2,1-6H3. The fraction of sp³-hybridized carbons (Fsp3) is 0.812. The number of rotatable bonds is 5. The van der Waals surface area contributed by atoms with Crippen molar-refractivity contribution in [2.45, 2.75) is 47.5 Å². The van der Waals surface area contributed by atoms with Gasteiger partial charge >= 0.3 is 0 Å². The normalized spacial score (nSPS) is 20.9. The van der Waals surface area contributed by atoms with E-state index in [4.69, 9.17) is 16.3 Å². The van der Waals surface area contributed by atoms with Crippen LogP contribution in [0.25, 0.3) is 0 Å². The molecule has 1 aliphatic rings. The van der Waals surface area contributed by atoms with E-state index in [0.717, 1.165) is 18.5 Å². The number of allylic oxidation sites excluding steroid dienone is 2. The lowest BCUT2D eigenvalue weighted by molar-refractivity contribution is -0.127. The zero-order valence-electron chi connectivity index (χ0n) is 13.7. The second kappa shape index (κ2) is 6.48. The first-order chi connectivity index (χ1) is 9.14. The molecule has 20 heavy (non-hydrogen) atoms. The van der Waals surface area contributed by atoms with E-state index in [2.05, 4.69) is 34.6 Å². The molecule has 0 aromatic heterocycles. The third-order valence-corrected chi connectivity index (χ3v) is 4.50. The van der Waals surface area contributed by atoms with Crippen molar-refractivity contribution in [1.82, 2.24) is 4.90 Å². The molecule has 0 N–H and O–H groups in total. The van der Waals surface area contributed by atoms with Gasteiger partial charge in [0.2, 0.25) is 5.91 Å². The van der Waals surface area contributed by atoms with Crippen LogP contribution in [0, 0.1) is 10.8 Å². The van der Waals surface area contributed by atoms with E-state index in [1.807, 2.05) is 4.90 Å². The van der Waals surface area contributed by atoms with Crippen LogP contribution in [0.4, 0.5) is 0 Å². The van der Waals surface area contributed by atoms with E-state index in [1.165, 1.54) is 5.57 Å². The SMILES string of the molecule is COCCN(C(=O)CCl)C1=C(C)C(C)(C)CC(C)(C)C1. The molecule has 0 heterocycles. The molecule has 0 radical (unpaired) electrons. The summed E-state index contributed by atoms with van der Waals surface area (Å²) in [6.45, 7) is 12.3. The smallest absolute Gasteiger partial charge is 0.241 e. The summed E-state index contributed by atoms with van der Waals surface area (Å²) in [5.74, 6) is -0.0204. The van der Waals surface area contributed by atoms with Crippen LogP contribution in [-0.4, -0.2) is 36.9 Å². The predicted molar refractivity (Wildman–Crippen MR) is 83.8 cm³/mol. The fourth-order valence-corrected chi connectivity index (χ4v) is 3.47. The Kier molecular flexibility index (Phi) is 5.68. The molecule has 1 rings (SSSR count). The molecule has 0 spiro atoms. The Morgan fingerprint density at radius 3 is 2.45 bits per heavy atom. The minimum Gasteiger partial charge on any atom is -0.383 e. The van der Waals surface area contributed by atoms with Crippen molar-refractivity contribution in [3.63, 3.8) is 0 Å². The average molecular weight is 302 g/mol. The maximum Gasteiger partial charge on any atom is 0.241 e. The first-order valence-electron chi connectivity index (χ1n) is 7.20.